The van der Waals surface area contributed by atoms with Crippen molar-refractivity contribution in [2.24, 2.45) is 5.92 Å². The maximum atomic E-state index is 12.6. The number of hydrogen-bond acceptors (Lipinski definition) is 7. The molecule has 1 aliphatic rings. The van der Waals surface area contributed by atoms with E-state index < -0.39 is 28.5 Å². The Morgan fingerprint density at radius 2 is 1.74 bits per heavy atom. The highest BCUT2D eigenvalue weighted by Gasteiger charge is 2.24. The molecule has 1 heterocycles. The molecule has 0 radical (unpaired) electrons. The van der Waals surface area contributed by atoms with Gasteiger partial charge in [0.1, 0.15) is 4.90 Å². The first kappa shape index (κ1) is 27.2. The van der Waals surface area contributed by atoms with Gasteiger partial charge in [-0.1, -0.05) is 37.0 Å². The van der Waals surface area contributed by atoms with Gasteiger partial charge in [0, 0.05) is 31.0 Å². The third kappa shape index (κ3) is 7.55. The molecular formula is C23H27Cl2N3O6S. The fraction of sp³-hybridized carbons (Fsp3) is 0.391. The molecular weight excluding hydrogens is 517 g/mol. The van der Waals surface area contributed by atoms with Gasteiger partial charge in [-0.2, -0.15) is 0 Å². The van der Waals surface area contributed by atoms with Crippen molar-refractivity contribution in [1.82, 2.24) is 4.72 Å². The summed E-state index contributed by atoms with van der Waals surface area (Å²) in [6.45, 7) is 6.23. The van der Waals surface area contributed by atoms with Gasteiger partial charge in [-0.05, 0) is 42.3 Å². The van der Waals surface area contributed by atoms with E-state index in [1.807, 2.05) is 26.0 Å². The van der Waals surface area contributed by atoms with Crippen molar-refractivity contribution in [2.45, 2.75) is 18.7 Å². The number of ether oxygens (including phenoxy) is 2. The second kappa shape index (κ2) is 12.0. The third-order valence-electron chi connectivity index (χ3n) is 5.07. The van der Waals surface area contributed by atoms with Crippen LogP contribution < -0.4 is 14.9 Å². The number of carbonyl (C=O) groups is 2. The Morgan fingerprint density at radius 3 is 2.37 bits per heavy atom. The van der Waals surface area contributed by atoms with Gasteiger partial charge in [0.15, 0.2) is 6.61 Å². The number of rotatable bonds is 9. The summed E-state index contributed by atoms with van der Waals surface area (Å²) >= 11 is 12.1. The summed E-state index contributed by atoms with van der Waals surface area (Å²) in [5, 5.41) is 2.41. The van der Waals surface area contributed by atoms with Crippen LogP contribution in [0.1, 0.15) is 24.2 Å². The van der Waals surface area contributed by atoms with Gasteiger partial charge in [-0.25, -0.2) is 17.9 Å². The lowest BCUT2D eigenvalue weighted by atomic mass is 10.2. The van der Waals surface area contributed by atoms with Crippen LogP contribution in [0.15, 0.2) is 41.3 Å². The van der Waals surface area contributed by atoms with Gasteiger partial charge >= 0.3 is 5.97 Å². The zero-order valence-electron chi connectivity index (χ0n) is 19.3. The molecule has 0 bridgehead atoms. The van der Waals surface area contributed by atoms with Crippen molar-refractivity contribution < 1.29 is 27.5 Å². The molecule has 2 aromatic carbocycles. The Balaban J connectivity index is 1.61. The highest BCUT2D eigenvalue weighted by atomic mass is 35.5. The van der Waals surface area contributed by atoms with E-state index in [1.165, 1.54) is 0 Å². The molecule has 1 fully saturated rings. The molecule has 0 aromatic heterocycles. The molecule has 3 rings (SSSR count). The SMILES string of the molecule is CC(C)CNS(=O)(=O)c1cc(C(=O)OCC(=O)Nc2ccc(N3CCOCC3)cc2)c(Cl)cc1Cl. The number of anilines is 2. The van der Waals surface area contributed by atoms with Crippen LogP contribution in [-0.4, -0.2) is 59.7 Å². The second-order valence-corrected chi connectivity index (χ2v) is 10.8. The summed E-state index contributed by atoms with van der Waals surface area (Å²) < 4.78 is 38.0. The molecule has 35 heavy (non-hydrogen) atoms. The molecule has 190 valence electrons. The summed E-state index contributed by atoms with van der Waals surface area (Å²) in [6, 6.07) is 9.47. The molecule has 9 nitrogen and oxygen atoms in total. The van der Waals surface area contributed by atoms with Crippen LogP contribution in [0.4, 0.5) is 11.4 Å². The molecule has 0 atom stereocenters. The quantitative estimate of drug-likeness (QED) is 0.464. The number of morpholine rings is 1. The Bertz CT molecular complexity index is 1170. The van der Waals surface area contributed by atoms with E-state index in [-0.39, 0.29) is 33.0 Å². The molecule has 1 amide bonds. The van der Waals surface area contributed by atoms with Crippen LogP contribution in [0.3, 0.4) is 0 Å². The Labute approximate surface area is 214 Å². The molecule has 0 saturated carbocycles. The van der Waals surface area contributed by atoms with Gasteiger partial charge < -0.3 is 19.7 Å². The highest BCUT2D eigenvalue weighted by Crippen LogP contribution is 2.29. The van der Waals surface area contributed by atoms with E-state index in [9.17, 15) is 18.0 Å². The van der Waals surface area contributed by atoms with Gasteiger partial charge in [0.2, 0.25) is 10.0 Å². The van der Waals surface area contributed by atoms with Crippen molar-refractivity contribution >= 4 is 56.5 Å². The van der Waals surface area contributed by atoms with E-state index in [4.69, 9.17) is 32.7 Å². The molecule has 2 aromatic rings. The average Bonchev–Trinajstić information content (AvgIpc) is 2.82. The highest BCUT2D eigenvalue weighted by molar-refractivity contribution is 7.89. The van der Waals surface area contributed by atoms with Gasteiger partial charge in [0.25, 0.3) is 5.91 Å². The summed E-state index contributed by atoms with van der Waals surface area (Å²) in [4.78, 5) is 26.7. The normalized spacial score (nSPS) is 14.1. The number of amides is 1. The average molecular weight is 544 g/mol. The van der Waals surface area contributed by atoms with Crippen LogP contribution in [-0.2, 0) is 24.3 Å². The lowest BCUT2D eigenvalue weighted by Gasteiger charge is -2.28. The lowest BCUT2D eigenvalue weighted by Crippen LogP contribution is -2.36. The van der Waals surface area contributed by atoms with E-state index in [2.05, 4.69) is 14.9 Å². The summed E-state index contributed by atoms with van der Waals surface area (Å²) in [6.07, 6.45) is 0. The van der Waals surface area contributed by atoms with E-state index in [0.29, 0.717) is 18.9 Å². The Morgan fingerprint density at radius 1 is 1.09 bits per heavy atom. The van der Waals surface area contributed by atoms with Crippen molar-refractivity contribution in [2.75, 3.05) is 49.7 Å². The van der Waals surface area contributed by atoms with E-state index in [1.54, 1.807) is 12.1 Å². The van der Waals surface area contributed by atoms with Gasteiger partial charge in [0.05, 0.1) is 28.8 Å². The fourth-order valence-corrected chi connectivity index (χ4v) is 5.29. The number of carbonyl (C=O) groups excluding carboxylic acids is 2. The zero-order chi connectivity index (χ0) is 25.6. The number of benzene rings is 2. The zero-order valence-corrected chi connectivity index (χ0v) is 21.7. The van der Waals surface area contributed by atoms with Crippen LogP contribution >= 0.6 is 23.2 Å². The largest absolute Gasteiger partial charge is 0.452 e. The number of sulfonamides is 1. The second-order valence-electron chi connectivity index (χ2n) is 8.28. The summed E-state index contributed by atoms with van der Waals surface area (Å²) in [5.74, 6) is -1.45. The number of nitrogens with zero attached hydrogens (tertiary/aromatic N) is 1. The van der Waals surface area contributed by atoms with Crippen molar-refractivity contribution in [3.63, 3.8) is 0 Å². The maximum absolute atomic E-state index is 12.6. The summed E-state index contributed by atoms with van der Waals surface area (Å²) in [7, 11) is -3.98. The number of esters is 1. The van der Waals surface area contributed by atoms with Crippen LogP contribution in [0.2, 0.25) is 10.0 Å². The molecule has 1 aliphatic heterocycles. The van der Waals surface area contributed by atoms with Crippen LogP contribution in [0.25, 0.3) is 0 Å². The van der Waals surface area contributed by atoms with Crippen LogP contribution in [0, 0.1) is 5.92 Å². The monoisotopic (exact) mass is 543 g/mol. The third-order valence-corrected chi connectivity index (χ3v) is 7.28. The van der Waals surface area contributed by atoms with Crippen LogP contribution in [0.5, 0.6) is 0 Å². The number of hydrogen-bond donors (Lipinski definition) is 2. The van der Waals surface area contributed by atoms with Crippen molar-refractivity contribution in [3.05, 3.63) is 52.0 Å². The molecule has 2 N–H and O–H groups in total. The Hall–Kier alpha value is -2.37. The molecule has 0 unspecified atom stereocenters. The summed E-state index contributed by atoms with van der Waals surface area (Å²) in [5.41, 5.74) is 1.34. The van der Waals surface area contributed by atoms with Crippen molar-refractivity contribution in [1.29, 1.82) is 0 Å². The van der Waals surface area contributed by atoms with Crippen molar-refractivity contribution in [3.8, 4) is 0 Å². The molecule has 1 saturated heterocycles. The topological polar surface area (TPSA) is 114 Å². The number of nitrogens with one attached hydrogen (secondary N) is 2. The van der Waals surface area contributed by atoms with E-state index in [0.717, 1.165) is 30.9 Å². The number of halogens is 2. The molecule has 0 spiro atoms. The minimum absolute atomic E-state index is 0.0642. The maximum Gasteiger partial charge on any atom is 0.340 e. The van der Waals surface area contributed by atoms with Gasteiger partial charge in [-0.15, -0.1) is 0 Å². The minimum Gasteiger partial charge on any atom is -0.452 e. The fourth-order valence-electron chi connectivity index (χ4n) is 3.23. The predicted molar refractivity (Wildman–Crippen MR) is 135 cm³/mol. The standard InChI is InChI=1S/C23H27Cl2N3O6S/c1-15(2)13-26-35(31,32)21-11-18(19(24)12-20(21)25)23(30)34-14-22(29)27-16-3-5-17(6-4-16)28-7-9-33-10-8-28/h3-6,11-12,15,26H,7-10,13-14H2,1-2H3,(H,27,29). The minimum atomic E-state index is -3.98. The molecule has 0 aliphatic carbocycles. The Kier molecular flexibility index (Phi) is 9.37. The first-order valence-electron chi connectivity index (χ1n) is 11.0. The van der Waals surface area contributed by atoms with E-state index >= 15 is 0 Å². The predicted octanol–water partition coefficient (Wildman–Crippen LogP) is 3.56. The first-order chi connectivity index (χ1) is 16.6. The van der Waals surface area contributed by atoms with Gasteiger partial charge in [-0.3, -0.25) is 4.79 Å². The molecule has 12 heteroatoms. The first-order valence-corrected chi connectivity index (χ1v) is 13.2. The smallest absolute Gasteiger partial charge is 0.340 e. The lowest BCUT2D eigenvalue weighted by molar-refractivity contribution is -0.119.